The van der Waals surface area contributed by atoms with E-state index in [4.69, 9.17) is 14.2 Å². The van der Waals surface area contributed by atoms with E-state index in [2.05, 4.69) is 31.3 Å². The molecule has 0 amide bonds. The second kappa shape index (κ2) is 9.01. The van der Waals surface area contributed by atoms with E-state index in [0.29, 0.717) is 25.2 Å². The van der Waals surface area contributed by atoms with E-state index in [1.165, 1.54) is 18.4 Å². The fraction of sp³-hybridized carbons (Fsp3) is 0.667. The van der Waals surface area contributed by atoms with Crippen molar-refractivity contribution in [2.24, 2.45) is 5.92 Å². The molecule has 1 aliphatic heterocycles. The molecule has 0 unspecified atom stereocenters. The smallest absolute Gasteiger partial charge is 0.161 e. The van der Waals surface area contributed by atoms with Gasteiger partial charge < -0.3 is 19.5 Å². The van der Waals surface area contributed by atoms with Crippen molar-refractivity contribution in [2.45, 2.75) is 46.3 Å². The molecular formula is C18H29NO3. The zero-order chi connectivity index (χ0) is 15.8. The maximum absolute atomic E-state index is 5.83. The molecule has 0 radical (unpaired) electrons. The van der Waals surface area contributed by atoms with Gasteiger partial charge in [-0.3, -0.25) is 0 Å². The Balaban J connectivity index is 1.89. The summed E-state index contributed by atoms with van der Waals surface area (Å²) in [6.45, 7) is 10.3. The first-order valence-electron chi connectivity index (χ1n) is 8.40. The van der Waals surface area contributed by atoms with Crippen LogP contribution in [0.4, 0.5) is 0 Å². The summed E-state index contributed by atoms with van der Waals surface area (Å²) >= 11 is 0. The van der Waals surface area contributed by atoms with Crippen molar-refractivity contribution in [1.82, 2.24) is 5.32 Å². The third-order valence-corrected chi connectivity index (χ3v) is 3.61. The molecule has 1 N–H and O–H groups in total. The Bertz CT molecular complexity index is 442. The molecule has 22 heavy (non-hydrogen) atoms. The molecule has 1 saturated heterocycles. The molecule has 0 saturated carbocycles. The normalized spacial score (nSPS) is 17.9. The first-order valence-corrected chi connectivity index (χ1v) is 8.40. The third-order valence-electron chi connectivity index (χ3n) is 3.61. The Kier molecular flexibility index (Phi) is 7.00. The van der Waals surface area contributed by atoms with E-state index >= 15 is 0 Å². The molecule has 1 aromatic rings. The predicted molar refractivity (Wildman–Crippen MR) is 88.6 cm³/mol. The van der Waals surface area contributed by atoms with Gasteiger partial charge in [-0.05, 0) is 43.4 Å². The van der Waals surface area contributed by atoms with E-state index in [1.54, 1.807) is 0 Å². The van der Waals surface area contributed by atoms with Gasteiger partial charge in [0.1, 0.15) is 0 Å². The van der Waals surface area contributed by atoms with Gasteiger partial charge in [-0.25, -0.2) is 0 Å². The molecule has 1 heterocycles. The maximum Gasteiger partial charge on any atom is 0.161 e. The molecule has 124 valence electrons. The summed E-state index contributed by atoms with van der Waals surface area (Å²) in [6, 6.07) is 6.18. The zero-order valence-corrected chi connectivity index (χ0v) is 14.1. The van der Waals surface area contributed by atoms with E-state index in [-0.39, 0.29) is 0 Å². The Morgan fingerprint density at radius 3 is 2.82 bits per heavy atom. The summed E-state index contributed by atoms with van der Waals surface area (Å²) in [4.78, 5) is 0. The van der Waals surface area contributed by atoms with Crippen LogP contribution in [0.5, 0.6) is 11.5 Å². The fourth-order valence-corrected chi connectivity index (χ4v) is 2.49. The van der Waals surface area contributed by atoms with Gasteiger partial charge in [0, 0.05) is 19.7 Å². The molecule has 1 aromatic carbocycles. The van der Waals surface area contributed by atoms with E-state index in [0.717, 1.165) is 31.2 Å². The van der Waals surface area contributed by atoms with Crippen LogP contribution in [0.15, 0.2) is 18.2 Å². The van der Waals surface area contributed by atoms with Crippen LogP contribution in [0.3, 0.4) is 0 Å². The monoisotopic (exact) mass is 307 g/mol. The molecule has 0 spiro atoms. The molecular weight excluding hydrogens is 278 g/mol. The largest absolute Gasteiger partial charge is 0.490 e. The lowest BCUT2D eigenvalue weighted by molar-refractivity contribution is 0.110. The molecule has 4 nitrogen and oxygen atoms in total. The molecule has 1 aliphatic rings. The molecule has 0 aliphatic carbocycles. The first-order chi connectivity index (χ1) is 10.7. The molecule has 4 heteroatoms. The van der Waals surface area contributed by atoms with Gasteiger partial charge in [0.05, 0.1) is 19.3 Å². The molecule has 0 aromatic heterocycles. The highest BCUT2D eigenvalue weighted by molar-refractivity contribution is 5.43. The standard InChI is InChI=1S/C18H29NO3/c1-4-20-18-10-15(7-8-17(18)22-13-14(2)3)11-19-12-16-6-5-9-21-16/h7-8,10,14,16,19H,4-6,9,11-13H2,1-3H3/t16-/m1/s1. The summed E-state index contributed by atoms with van der Waals surface area (Å²) in [7, 11) is 0. The summed E-state index contributed by atoms with van der Waals surface area (Å²) < 4.78 is 17.2. The summed E-state index contributed by atoms with van der Waals surface area (Å²) in [5.41, 5.74) is 1.21. The number of ether oxygens (including phenoxy) is 3. The highest BCUT2D eigenvalue weighted by Gasteiger charge is 2.14. The van der Waals surface area contributed by atoms with Crippen LogP contribution in [0.1, 0.15) is 39.2 Å². The molecule has 1 fully saturated rings. The van der Waals surface area contributed by atoms with Crippen LogP contribution in [0, 0.1) is 5.92 Å². The third kappa shape index (κ3) is 5.50. The highest BCUT2D eigenvalue weighted by atomic mass is 16.5. The van der Waals surface area contributed by atoms with Crippen molar-refractivity contribution in [1.29, 1.82) is 0 Å². The fourth-order valence-electron chi connectivity index (χ4n) is 2.49. The van der Waals surface area contributed by atoms with Crippen molar-refractivity contribution >= 4 is 0 Å². The maximum atomic E-state index is 5.83. The van der Waals surface area contributed by atoms with Crippen LogP contribution in [-0.2, 0) is 11.3 Å². The van der Waals surface area contributed by atoms with E-state index in [9.17, 15) is 0 Å². The minimum Gasteiger partial charge on any atom is -0.490 e. The Morgan fingerprint density at radius 1 is 1.27 bits per heavy atom. The zero-order valence-electron chi connectivity index (χ0n) is 14.1. The topological polar surface area (TPSA) is 39.7 Å². The SMILES string of the molecule is CCOc1cc(CNC[C@H]2CCCO2)ccc1OCC(C)C. The molecule has 0 bridgehead atoms. The number of hydrogen-bond acceptors (Lipinski definition) is 4. The minimum atomic E-state index is 0.375. The second-order valence-corrected chi connectivity index (χ2v) is 6.18. The van der Waals surface area contributed by atoms with Gasteiger partial charge in [0.15, 0.2) is 11.5 Å². The van der Waals surface area contributed by atoms with Gasteiger partial charge in [0.25, 0.3) is 0 Å². The van der Waals surface area contributed by atoms with Crippen LogP contribution in [-0.4, -0.2) is 32.5 Å². The Morgan fingerprint density at radius 2 is 2.14 bits per heavy atom. The van der Waals surface area contributed by atoms with Gasteiger partial charge in [-0.1, -0.05) is 19.9 Å². The van der Waals surface area contributed by atoms with Crippen LogP contribution in [0.25, 0.3) is 0 Å². The lowest BCUT2D eigenvalue weighted by Crippen LogP contribution is -2.25. The number of nitrogens with one attached hydrogen (secondary N) is 1. The average Bonchev–Trinajstić information content (AvgIpc) is 3.00. The van der Waals surface area contributed by atoms with Crippen LogP contribution >= 0.6 is 0 Å². The summed E-state index contributed by atoms with van der Waals surface area (Å²) in [5.74, 6) is 2.17. The number of hydrogen-bond donors (Lipinski definition) is 1. The van der Waals surface area contributed by atoms with Gasteiger partial charge in [0.2, 0.25) is 0 Å². The Labute approximate surface area is 134 Å². The minimum absolute atomic E-state index is 0.375. The van der Waals surface area contributed by atoms with Crippen molar-refractivity contribution in [3.63, 3.8) is 0 Å². The Hall–Kier alpha value is -1.26. The predicted octanol–water partition coefficient (Wildman–Crippen LogP) is 3.39. The quantitative estimate of drug-likeness (QED) is 0.759. The lowest BCUT2D eigenvalue weighted by Gasteiger charge is -2.15. The second-order valence-electron chi connectivity index (χ2n) is 6.18. The van der Waals surface area contributed by atoms with Crippen molar-refractivity contribution < 1.29 is 14.2 Å². The number of rotatable bonds is 9. The summed E-state index contributed by atoms with van der Waals surface area (Å²) in [6.07, 6.45) is 2.72. The van der Waals surface area contributed by atoms with Gasteiger partial charge >= 0.3 is 0 Å². The van der Waals surface area contributed by atoms with E-state index < -0.39 is 0 Å². The summed E-state index contributed by atoms with van der Waals surface area (Å²) in [5, 5.41) is 3.46. The average molecular weight is 307 g/mol. The van der Waals surface area contributed by atoms with E-state index in [1.807, 2.05) is 13.0 Å². The highest BCUT2D eigenvalue weighted by Crippen LogP contribution is 2.29. The van der Waals surface area contributed by atoms with Crippen LogP contribution in [0.2, 0.25) is 0 Å². The first kappa shape index (κ1) is 17.1. The molecule has 1 atom stereocenters. The van der Waals surface area contributed by atoms with Crippen molar-refractivity contribution in [3.8, 4) is 11.5 Å². The van der Waals surface area contributed by atoms with Crippen molar-refractivity contribution in [2.75, 3.05) is 26.4 Å². The molecule has 2 rings (SSSR count). The van der Waals surface area contributed by atoms with Crippen LogP contribution < -0.4 is 14.8 Å². The van der Waals surface area contributed by atoms with Gasteiger partial charge in [-0.2, -0.15) is 0 Å². The van der Waals surface area contributed by atoms with Gasteiger partial charge in [-0.15, -0.1) is 0 Å². The van der Waals surface area contributed by atoms with Crippen molar-refractivity contribution in [3.05, 3.63) is 23.8 Å². The lowest BCUT2D eigenvalue weighted by atomic mass is 10.2. The number of benzene rings is 1.